The number of carboxylic acids is 2. The van der Waals surface area contributed by atoms with Gasteiger partial charge in [-0.05, 0) is 31.2 Å². The van der Waals surface area contributed by atoms with Gasteiger partial charge in [0, 0.05) is 11.5 Å². The molecule has 0 saturated heterocycles. The molecule has 36 heavy (non-hydrogen) atoms. The van der Waals surface area contributed by atoms with E-state index >= 15 is 0 Å². The minimum atomic E-state index is -1.08. The average molecular weight is 609 g/mol. The van der Waals surface area contributed by atoms with Crippen LogP contribution in [0.3, 0.4) is 0 Å². The van der Waals surface area contributed by atoms with E-state index < -0.39 is 11.9 Å². The Kier molecular flexibility index (Phi) is 42.2. The Morgan fingerprint density at radius 2 is 1.08 bits per heavy atom. The van der Waals surface area contributed by atoms with Crippen LogP contribution in [0.2, 0.25) is 0 Å². The number of aliphatic carboxylic acids is 1. The molecule has 0 saturated carbocycles. The third-order valence-electron chi connectivity index (χ3n) is 5.23. The van der Waals surface area contributed by atoms with Crippen LogP contribution in [0.5, 0.6) is 0 Å². The van der Waals surface area contributed by atoms with E-state index in [0.717, 1.165) is 50.5 Å². The number of hydrogen-bond donors (Lipinski definition) is 0. The molecule has 1 rings (SSSR count). The topological polar surface area (TPSA) is 80.3 Å². The van der Waals surface area contributed by atoms with Gasteiger partial charge in [0.25, 0.3) is 0 Å². The molecule has 0 unspecified atom stereocenters. The van der Waals surface area contributed by atoms with Crippen LogP contribution in [0.25, 0.3) is 0 Å². The summed E-state index contributed by atoms with van der Waals surface area (Å²) in [6.07, 6.45) is 18.6. The van der Waals surface area contributed by atoms with Crippen LogP contribution in [0.4, 0.5) is 0 Å². The van der Waals surface area contributed by atoms with Gasteiger partial charge in [-0.3, -0.25) is 0 Å². The van der Waals surface area contributed by atoms with E-state index in [2.05, 4.69) is 41.5 Å². The molecule has 0 heterocycles. The summed E-state index contributed by atoms with van der Waals surface area (Å²) in [6.45, 7) is 15.8. The normalized spacial score (nSPS) is 9.28. The average Bonchev–Trinajstić information content (AvgIpc) is 2.87. The monoisotopic (exact) mass is 610 g/mol. The molecule has 0 spiro atoms. The third kappa shape index (κ3) is 35.1. The predicted molar refractivity (Wildman–Crippen MR) is 153 cm³/mol. The fourth-order valence-corrected chi connectivity index (χ4v) is 2.88. The van der Waals surface area contributed by atoms with Crippen molar-refractivity contribution in [2.75, 3.05) is 0 Å². The van der Waals surface area contributed by atoms with Gasteiger partial charge < -0.3 is 19.8 Å². The summed E-state index contributed by atoms with van der Waals surface area (Å²) in [5.74, 6) is -1.99. The molecule has 1 aromatic carbocycles. The molecule has 0 aliphatic rings. The number of carbonyl (C=O) groups excluding carboxylic acids is 2. The Balaban J connectivity index is -0.000000215. The van der Waals surface area contributed by atoms with Crippen LogP contribution in [-0.2, 0) is 11.2 Å². The SMILES string of the molecule is CCCCCCCCCCCC(=O)[O-].CCCCc1ccccc1C(=O)[O-].[CH2]CCC.[CH2]CCC.[Sn+2]. The first-order valence-electron chi connectivity index (χ1n) is 13.9. The van der Waals surface area contributed by atoms with Crippen molar-refractivity contribution >= 4 is 35.8 Å². The Morgan fingerprint density at radius 3 is 1.47 bits per heavy atom. The minimum absolute atomic E-state index is 0. The first kappa shape index (κ1) is 42.1. The molecule has 5 heteroatoms. The second kappa shape index (κ2) is 36.1. The van der Waals surface area contributed by atoms with E-state index in [1.54, 1.807) is 12.1 Å². The summed E-state index contributed by atoms with van der Waals surface area (Å²) in [4.78, 5) is 20.8. The number of unbranched alkanes of at least 4 members (excludes halogenated alkanes) is 11. The molecular weight excluding hydrogens is 555 g/mol. The molecule has 4 nitrogen and oxygen atoms in total. The first-order valence-corrected chi connectivity index (χ1v) is 13.9. The molecule has 0 fully saturated rings. The van der Waals surface area contributed by atoms with Crippen LogP contribution in [0.1, 0.15) is 146 Å². The zero-order valence-electron chi connectivity index (χ0n) is 23.9. The molecular formula is C31H54O4Sn. The van der Waals surface area contributed by atoms with Crippen molar-refractivity contribution in [2.45, 2.75) is 137 Å². The number of hydrogen-bond acceptors (Lipinski definition) is 4. The maximum Gasteiger partial charge on any atom is 2.00 e. The quantitative estimate of drug-likeness (QED) is 0.151. The van der Waals surface area contributed by atoms with Crippen molar-refractivity contribution in [2.24, 2.45) is 0 Å². The van der Waals surface area contributed by atoms with Crippen LogP contribution in [0.15, 0.2) is 24.3 Å². The van der Waals surface area contributed by atoms with Gasteiger partial charge in [0.1, 0.15) is 0 Å². The molecule has 0 amide bonds. The number of carbonyl (C=O) groups is 2. The van der Waals surface area contributed by atoms with Crippen molar-refractivity contribution < 1.29 is 19.8 Å². The fourth-order valence-electron chi connectivity index (χ4n) is 2.88. The number of aryl methyl sites for hydroxylation is 1. The van der Waals surface area contributed by atoms with Crippen LogP contribution in [-0.4, -0.2) is 35.8 Å². The smallest absolute Gasteiger partial charge is 0.550 e. The molecule has 1 aromatic rings. The summed E-state index contributed by atoms with van der Waals surface area (Å²) in [6, 6.07) is 7.03. The third-order valence-corrected chi connectivity index (χ3v) is 5.23. The van der Waals surface area contributed by atoms with Gasteiger partial charge in [-0.2, -0.15) is 0 Å². The maximum absolute atomic E-state index is 10.7. The Labute approximate surface area is 241 Å². The van der Waals surface area contributed by atoms with Gasteiger partial charge in [-0.1, -0.05) is 149 Å². The summed E-state index contributed by atoms with van der Waals surface area (Å²) in [5.41, 5.74) is 1.21. The molecule has 0 aliphatic heterocycles. The number of aromatic carboxylic acids is 1. The molecule has 206 valence electrons. The van der Waals surface area contributed by atoms with E-state index in [1.807, 2.05) is 12.1 Å². The van der Waals surface area contributed by atoms with Gasteiger partial charge in [-0.25, -0.2) is 0 Å². The van der Waals surface area contributed by atoms with Gasteiger partial charge in [0.05, 0.1) is 5.97 Å². The number of benzene rings is 1. The van der Waals surface area contributed by atoms with Crippen LogP contribution >= 0.6 is 0 Å². The molecule has 0 atom stereocenters. The second-order valence-corrected chi connectivity index (χ2v) is 8.71. The zero-order chi connectivity index (χ0) is 27.2. The van der Waals surface area contributed by atoms with E-state index in [-0.39, 0.29) is 30.3 Å². The fraction of sp³-hybridized carbons (Fsp3) is 0.677. The summed E-state index contributed by atoms with van der Waals surface area (Å²) < 4.78 is 0. The molecule has 0 aliphatic carbocycles. The van der Waals surface area contributed by atoms with E-state index in [1.165, 1.54) is 57.8 Å². The van der Waals surface area contributed by atoms with Crippen LogP contribution < -0.4 is 10.2 Å². The van der Waals surface area contributed by atoms with E-state index in [9.17, 15) is 19.8 Å². The predicted octanol–water partition coefficient (Wildman–Crippen LogP) is 6.91. The second-order valence-electron chi connectivity index (χ2n) is 8.71. The number of rotatable bonds is 16. The molecule has 4 radical (unpaired) electrons. The van der Waals surface area contributed by atoms with Gasteiger partial charge in [0.2, 0.25) is 0 Å². The zero-order valence-corrected chi connectivity index (χ0v) is 26.7. The minimum Gasteiger partial charge on any atom is -0.550 e. The molecule has 0 bridgehead atoms. The van der Waals surface area contributed by atoms with Crippen molar-refractivity contribution in [3.63, 3.8) is 0 Å². The first-order chi connectivity index (χ1) is 16.9. The standard InChI is InChI=1S/C12H24O2.C11H14O2.2C4H9.Sn/c1-2-3-4-5-6-7-8-9-10-11-12(13)14;1-2-3-6-9-7-4-5-8-10(9)11(12)13;2*1-3-4-2;/h2-11H2,1H3,(H,13,14);4-5,7-8H,2-3,6H2,1H3,(H,12,13);2*1,3-4H2,2H3;/q;;;;+2/p-2. The van der Waals surface area contributed by atoms with Gasteiger partial charge >= 0.3 is 23.9 Å². The summed E-state index contributed by atoms with van der Waals surface area (Å²) in [7, 11) is 0. The summed E-state index contributed by atoms with van der Waals surface area (Å²) >= 11 is 0. The van der Waals surface area contributed by atoms with E-state index in [0.29, 0.717) is 5.56 Å². The Hall–Kier alpha value is -1.04. The van der Waals surface area contributed by atoms with Crippen molar-refractivity contribution in [3.8, 4) is 0 Å². The van der Waals surface area contributed by atoms with Gasteiger partial charge in [0.15, 0.2) is 0 Å². The van der Waals surface area contributed by atoms with Crippen LogP contribution in [0, 0.1) is 13.8 Å². The van der Waals surface area contributed by atoms with Crippen molar-refractivity contribution in [3.05, 3.63) is 49.2 Å². The van der Waals surface area contributed by atoms with E-state index in [4.69, 9.17) is 0 Å². The van der Waals surface area contributed by atoms with Crippen molar-refractivity contribution in [1.82, 2.24) is 0 Å². The Bertz CT molecular complexity index is 567. The number of carboxylic acid groups (broad SMARTS) is 2. The molecule has 0 N–H and O–H groups in total. The largest absolute Gasteiger partial charge is 2.00 e. The molecule has 0 aromatic heterocycles. The van der Waals surface area contributed by atoms with Gasteiger partial charge in [-0.15, -0.1) is 0 Å². The summed E-state index contributed by atoms with van der Waals surface area (Å²) in [5, 5.41) is 20.8. The van der Waals surface area contributed by atoms with Crippen molar-refractivity contribution in [1.29, 1.82) is 0 Å². The maximum atomic E-state index is 10.7. The Morgan fingerprint density at radius 1 is 0.667 bits per heavy atom.